The number of rotatable bonds is 4. The van der Waals surface area contributed by atoms with E-state index in [9.17, 15) is 13.2 Å². The van der Waals surface area contributed by atoms with E-state index in [0.29, 0.717) is 11.3 Å². The lowest BCUT2D eigenvalue weighted by molar-refractivity contribution is 0.0698. The van der Waals surface area contributed by atoms with Gasteiger partial charge in [0.15, 0.2) is 0 Å². The summed E-state index contributed by atoms with van der Waals surface area (Å²) < 4.78 is 28.0. The number of sulfonamides is 1. The molecule has 2 aromatic rings. The van der Waals surface area contributed by atoms with Gasteiger partial charge in [0.2, 0.25) is 0 Å². The smallest absolute Gasteiger partial charge is 0.347 e. The second kappa shape index (κ2) is 5.70. The zero-order chi connectivity index (χ0) is 14.9. The highest BCUT2D eigenvalue weighted by Crippen LogP contribution is 2.28. The van der Waals surface area contributed by atoms with Crippen molar-refractivity contribution < 1.29 is 18.3 Å². The van der Waals surface area contributed by atoms with Crippen molar-refractivity contribution in [2.24, 2.45) is 0 Å². The van der Waals surface area contributed by atoms with E-state index in [1.807, 2.05) is 6.07 Å². The van der Waals surface area contributed by atoms with Gasteiger partial charge >= 0.3 is 5.97 Å². The average molecular weight is 423 g/mol. The van der Waals surface area contributed by atoms with Gasteiger partial charge in [-0.25, -0.2) is 13.2 Å². The minimum absolute atomic E-state index is 0.172. The van der Waals surface area contributed by atoms with Gasteiger partial charge in [0.1, 0.15) is 9.77 Å². The Bertz CT molecular complexity index is 768. The van der Waals surface area contributed by atoms with Crippen LogP contribution in [-0.4, -0.2) is 19.5 Å². The van der Waals surface area contributed by atoms with Crippen molar-refractivity contribution in [1.82, 2.24) is 0 Å². The molecule has 106 valence electrons. The average Bonchev–Trinajstić information content (AvgIpc) is 2.71. The Hall–Kier alpha value is -1.13. The topological polar surface area (TPSA) is 83.5 Å². The van der Waals surface area contributed by atoms with Crippen molar-refractivity contribution in [3.63, 3.8) is 0 Å². The van der Waals surface area contributed by atoms with Crippen LogP contribution in [0.2, 0.25) is 0 Å². The largest absolute Gasteiger partial charge is 0.477 e. The molecule has 0 saturated heterocycles. The highest BCUT2D eigenvalue weighted by molar-refractivity contribution is 14.1. The number of hydrogen-bond donors (Lipinski definition) is 2. The highest BCUT2D eigenvalue weighted by Gasteiger charge is 2.26. The van der Waals surface area contributed by atoms with Crippen LogP contribution in [-0.2, 0) is 10.0 Å². The predicted octanol–water partition coefficient (Wildman–Crippen LogP) is 3.16. The molecule has 0 unspecified atom stereocenters. The van der Waals surface area contributed by atoms with Gasteiger partial charge in [-0.15, -0.1) is 11.3 Å². The molecular weight excluding hydrogens is 413 g/mol. The van der Waals surface area contributed by atoms with Gasteiger partial charge in [-0.05, 0) is 58.7 Å². The predicted molar refractivity (Wildman–Crippen MR) is 86.0 cm³/mol. The molecule has 0 fully saturated rings. The van der Waals surface area contributed by atoms with E-state index < -0.39 is 16.0 Å². The molecule has 1 aromatic heterocycles. The summed E-state index contributed by atoms with van der Waals surface area (Å²) in [5.41, 5.74) is 0.823. The molecule has 0 spiro atoms. The third kappa shape index (κ3) is 3.13. The first-order valence-electron chi connectivity index (χ1n) is 5.41. The molecule has 8 heteroatoms. The maximum atomic E-state index is 12.3. The summed E-state index contributed by atoms with van der Waals surface area (Å²) >= 11 is 2.97. The molecule has 0 bridgehead atoms. The summed E-state index contributed by atoms with van der Waals surface area (Å²) in [4.78, 5) is 10.8. The number of halogens is 1. The first-order valence-corrected chi connectivity index (χ1v) is 8.85. The van der Waals surface area contributed by atoms with Gasteiger partial charge in [-0.1, -0.05) is 6.07 Å². The van der Waals surface area contributed by atoms with E-state index in [2.05, 4.69) is 27.3 Å². The Morgan fingerprint density at radius 1 is 1.40 bits per heavy atom. The molecule has 0 amide bonds. The van der Waals surface area contributed by atoms with Crippen LogP contribution in [0.15, 0.2) is 34.5 Å². The zero-order valence-electron chi connectivity index (χ0n) is 10.3. The molecule has 1 heterocycles. The fraction of sp³-hybridized carbons (Fsp3) is 0.0833. The van der Waals surface area contributed by atoms with E-state index in [1.54, 1.807) is 25.1 Å². The van der Waals surface area contributed by atoms with Crippen LogP contribution in [0.5, 0.6) is 0 Å². The van der Waals surface area contributed by atoms with E-state index in [1.165, 1.54) is 5.38 Å². The summed E-state index contributed by atoms with van der Waals surface area (Å²) in [5.74, 6) is -1.24. The van der Waals surface area contributed by atoms with E-state index in [4.69, 9.17) is 5.11 Å². The lowest BCUT2D eigenvalue weighted by atomic mass is 10.3. The first-order chi connectivity index (χ1) is 9.31. The zero-order valence-corrected chi connectivity index (χ0v) is 14.0. The maximum absolute atomic E-state index is 12.3. The van der Waals surface area contributed by atoms with Crippen LogP contribution < -0.4 is 4.72 Å². The lowest BCUT2D eigenvalue weighted by Crippen LogP contribution is -2.16. The standard InChI is InChI=1S/C12H10INO4S2/c1-7-6-19-10(12(15)16)11(7)20(17,18)14-9-4-2-3-8(13)5-9/h2-6,14H,1H3,(H,15,16). The van der Waals surface area contributed by atoms with E-state index in [0.717, 1.165) is 14.9 Å². The summed E-state index contributed by atoms with van der Waals surface area (Å²) in [7, 11) is -3.92. The second-order valence-corrected chi connectivity index (χ2v) is 7.74. The number of aromatic carboxylic acids is 1. The summed E-state index contributed by atoms with van der Waals surface area (Å²) in [6.07, 6.45) is 0. The number of anilines is 1. The Morgan fingerprint density at radius 2 is 2.10 bits per heavy atom. The first kappa shape index (κ1) is 15.3. The van der Waals surface area contributed by atoms with E-state index in [-0.39, 0.29) is 9.77 Å². The van der Waals surface area contributed by atoms with Gasteiger partial charge in [-0.3, -0.25) is 4.72 Å². The molecule has 0 aliphatic carbocycles. The van der Waals surface area contributed by atoms with Crippen molar-refractivity contribution in [1.29, 1.82) is 0 Å². The molecule has 2 rings (SSSR count). The van der Waals surface area contributed by atoms with Crippen molar-refractivity contribution in [3.05, 3.63) is 43.7 Å². The van der Waals surface area contributed by atoms with E-state index >= 15 is 0 Å². The number of thiophene rings is 1. The summed E-state index contributed by atoms with van der Waals surface area (Å²) in [6.45, 7) is 1.58. The third-order valence-corrected chi connectivity index (χ3v) is 5.91. The molecule has 0 radical (unpaired) electrons. The molecule has 20 heavy (non-hydrogen) atoms. The van der Waals surface area contributed by atoms with Crippen LogP contribution >= 0.6 is 33.9 Å². The van der Waals surface area contributed by atoms with Crippen molar-refractivity contribution in [2.45, 2.75) is 11.8 Å². The van der Waals surface area contributed by atoms with Crippen molar-refractivity contribution >= 4 is 55.6 Å². The minimum Gasteiger partial charge on any atom is -0.477 e. The van der Waals surface area contributed by atoms with Gasteiger partial charge < -0.3 is 5.11 Å². The number of carboxylic acids is 1. The number of benzene rings is 1. The minimum atomic E-state index is -3.92. The number of carboxylic acid groups (broad SMARTS) is 1. The van der Waals surface area contributed by atoms with Crippen LogP contribution in [0.3, 0.4) is 0 Å². The lowest BCUT2D eigenvalue weighted by Gasteiger charge is -2.09. The third-order valence-electron chi connectivity index (χ3n) is 2.46. The van der Waals surface area contributed by atoms with Gasteiger partial charge in [0.25, 0.3) is 10.0 Å². The quantitative estimate of drug-likeness (QED) is 0.741. The maximum Gasteiger partial charge on any atom is 0.347 e. The van der Waals surface area contributed by atoms with Crippen molar-refractivity contribution in [2.75, 3.05) is 4.72 Å². The number of nitrogens with one attached hydrogen (secondary N) is 1. The van der Waals surface area contributed by atoms with Crippen LogP contribution in [0.1, 0.15) is 15.2 Å². The number of hydrogen-bond acceptors (Lipinski definition) is 4. The monoisotopic (exact) mass is 423 g/mol. The van der Waals surface area contributed by atoms with Crippen LogP contribution in [0, 0.1) is 10.5 Å². The summed E-state index contributed by atoms with van der Waals surface area (Å²) in [6, 6.07) is 6.83. The second-order valence-electron chi connectivity index (χ2n) is 4.00. The van der Waals surface area contributed by atoms with Crippen molar-refractivity contribution in [3.8, 4) is 0 Å². The van der Waals surface area contributed by atoms with Crippen LogP contribution in [0.25, 0.3) is 0 Å². The summed E-state index contributed by atoms with van der Waals surface area (Å²) in [5, 5.41) is 10.6. The fourth-order valence-electron chi connectivity index (χ4n) is 1.67. The fourth-order valence-corrected chi connectivity index (χ4v) is 4.90. The van der Waals surface area contributed by atoms with Gasteiger partial charge in [0, 0.05) is 9.26 Å². The molecule has 1 aromatic carbocycles. The van der Waals surface area contributed by atoms with Crippen LogP contribution in [0.4, 0.5) is 5.69 Å². The Balaban J connectivity index is 2.46. The molecule has 0 aliphatic rings. The molecule has 0 aliphatic heterocycles. The van der Waals surface area contributed by atoms with Gasteiger partial charge in [0.05, 0.1) is 0 Å². The molecular formula is C12H10INO4S2. The Kier molecular flexibility index (Phi) is 4.35. The molecule has 5 nitrogen and oxygen atoms in total. The Labute approximate surface area is 133 Å². The highest BCUT2D eigenvalue weighted by atomic mass is 127. The Morgan fingerprint density at radius 3 is 2.70 bits per heavy atom. The number of carbonyl (C=O) groups is 1. The SMILES string of the molecule is Cc1csc(C(=O)O)c1S(=O)(=O)Nc1cccc(I)c1. The van der Waals surface area contributed by atoms with Gasteiger partial charge in [-0.2, -0.15) is 0 Å². The number of aryl methyl sites for hydroxylation is 1. The normalized spacial score (nSPS) is 11.3. The molecule has 0 atom stereocenters. The molecule has 2 N–H and O–H groups in total. The molecule has 0 saturated carbocycles.